The van der Waals surface area contributed by atoms with Crippen molar-refractivity contribution in [3.63, 3.8) is 0 Å². The predicted molar refractivity (Wildman–Crippen MR) is 66.3 cm³/mol. The van der Waals surface area contributed by atoms with E-state index in [1.807, 2.05) is 13.8 Å². The Balaban J connectivity index is 3.02. The van der Waals surface area contributed by atoms with Crippen LogP contribution in [0.2, 0.25) is 0 Å². The second kappa shape index (κ2) is 5.65. The number of nitriles is 1. The molecule has 18 heavy (non-hydrogen) atoms. The first kappa shape index (κ1) is 14.2. The van der Waals surface area contributed by atoms with Gasteiger partial charge in [0.2, 0.25) is 0 Å². The molecule has 0 fully saturated rings. The van der Waals surface area contributed by atoms with Crippen LogP contribution in [0.25, 0.3) is 0 Å². The minimum Gasteiger partial charge on any atom is -0.385 e. The highest BCUT2D eigenvalue weighted by molar-refractivity contribution is 5.21. The molecule has 0 aromatic carbocycles. The molecule has 1 rings (SSSR count). The standard InChI is InChI=1S/C12H17N3O3/c1-12(2,4-5-18-3)8-15-7-9(6-13)10(16)14-11(15)17/h7H,4-5,8H2,1-3H3,(H,14,16,17). The normalized spacial score (nSPS) is 11.2. The topological polar surface area (TPSA) is 87.9 Å². The van der Waals surface area contributed by atoms with Crippen molar-refractivity contribution in [2.75, 3.05) is 13.7 Å². The van der Waals surface area contributed by atoms with Gasteiger partial charge >= 0.3 is 5.69 Å². The molecule has 6 nitrogen and oxygen atoms in total. The Kier molecular flexibility index (Phi) is 4.45. The Hall–Kier alpha value is -1.87. The van der Waals surface area contributed by atoms with Crippen LogP contribution in [0.1, 0.15) is 25.8 Å². The van der Waals surface area contributed by atoms with Gasteiger partial charge in [0.1, 0.15) is 11.6 Å². The van der Waals surface area contributed by atoms with Gasteiger partial charge in [0.15, 0.2) is 0 Å². The van der Waals surface area contributed by atoms with Gasteiger partial charge in [0, 0.05) is 26.5 Å². The third-order valence-electron chi connectivity index (χ3n) is 2.71. The number of aromatic amines is 1. The molecule has 0 unspecified atom stereocenters. The van der Waals surface area contributed by atoms with Gasteiger partial charge in [0.25, 0.3) is 5.56 Å². The van der Waals surface area contributed by atoms with E-state index in [0.29, 0.717) is 13.2 Å². The number of ether oxygens (including phenoxy) is 1. The molecule has 98 valence electrons. The summed E-state index contributed by atoms with van der Waals surface area (Å²) in [5.41, 5.74) is -1.36. The first-order valence-electron chi connectivity index (χ1n) is 5.62. The van der Waals surface area contributed by atoms with Gasteiger partial charge in [-0.05, 0) is 11.8 Å². The van der Waals surface area contributed by atoms with Gasteiger partial charge < -0.3 is 4.74 Å². The number of H-pyrrole nitrogens is 1. The van der Waals surface area contributed by atoms with Gasteiger partial charge in [-0.1, -0.05) is 13.8 Å². The van der Waals surface area contributed by atoms with Crippen molar-refractivity contribution in [3.05, 3.63) is 32.6 Å². The maximum absolute atomic E-state index is 11.6. The van der Waals surface area contributed by atoms with Gasteiger partial charge in [0.05, 0.1) is 0 Å². The van der Waals surface area contributed by atoms with Crippen molar-refractivity contribution in [2.45, 2.75) is 26.8 Å². The Bertz CT molecular complexity index is 563. The van der Waals surface area contributed by atoms with E-state index in [9.17, 15) is 9.59 Å². The summed E-state index contributed by atoms with van der Waals surface area (Å²) >= 11 is 0. The number of methoxy groups -OCH3 is 1. The number of hydrogen-bond donors (Lipinski definition) is 1. The molecular weight excluding hydrogens is 234 g/mol. The average Bonchev–Trinajstić information content (AvgIpc) is 2.30. The Morgan fingerprint density at radius 1 is 1.50 bits per heavy atom. The molecule has 0 spiro atoms. The lowest BCUT2D eigenvalue weighted by Crippen LogP contribution is -2.35. The number of rotatable bonds is 5. The summed E-state index contributed by atoms with van der Waals surface area (Å²) in [5, 5.41) is 8.77. The van der Waals surface area contributed by atoms with Crippen LogP contribution in [0.5, 0.6) is 0 Å². The lowest BCUT2D eigenvalue weighted by molar-refractivity contribution is 0.141. The summed E-state index contributed by atoms with van der Waals surface area (Å²) in [4.78, 5) is 25.0. The molecule has 0 aliphatic heterocycles. The summed E-state index contributed by atoms with van der Waals surface area (Å²) in [6.07, 6.45) is 2.08. The van der Waals surface area contributed by atoms with Crippen LogP contribution in [-0.2, 0) is 11.3 Å². The second-order valence-corrected chi connectivity index (χ2v) is 4.95. The molecule has 0 bridgehead atoms. The lowest BCUT2D eigenvalue weighted by atomic mass is 9.89. The third-order valence-corrected chi connectivity index (χ3v) is 2.71. The third kappa shape index (κ3) is 3.57. The van der Waals surface area contributed by atoms with E-state index in [1.54, 1.807) is 13.2 Å². The highest BCUT2D eigenvalue weighted by Crippen LogP contribution is 2.21. The second-order valence-electron chi connectivity index (χ2n) is 4.95. The van der Waals surface area contributed by atoms with Crippen LogP contribution < -0.4 is 11.2 Å². The smallest absolute Gasteiger partial charge is 0.328 e. The summed E-state index contributed by atoms with van der Waals surface area (Å²) in [5.74, 6) is 0. The first-order chi connectivity index (χ1) is 8.39. The molecule has 0 amide bonds. The predicted octanol–water partition coefficient (Wildman–Crippen LogP) is 0.471. The maximum Gasteiger partial charge on any atom is 0.328 e. The monoisotopic (exact) mass is 251 g/mol. The maximum atomic E-state index is 11.6. The average molecular weight is 251 g/mol. The molecule has 6 heteroatoms. The van der Waals surface area contributed by atoms with Gasteiger partial charge in [-0.15, -0.1) is 0 Å². The number of aromatic nitrogens is 2. The molecule has 1 N–H and O–H groups in total. The molecule has 0 saturated heterocycles. The van der Waals surface area contributed by atoms with Gasteiger partial charge in [-0.25, -0.2) is 4.79 Å². The molecule has 0 aliphatic rings. The quantitative estimate of drug-likeness (QED) is 0.824. The van der Waals surface area contributed by atoms with Crippen molar-refractivity contribution >= 4 is 0 Å². The fourth-order valence-corrected chi connectivity index (χ4v) is 1.62. The summed E-state index contributed by atoms with van der Waals surface area (Å²) in [6.45, 7) is 5.00. The van der Waals surface area contributed by atoms with Crippen LogP contribution in [0.3, 0.4) is 0 Å². The number of nitrogens with zero attached hydrogens (tertiary/aromatic N) is 2. The molecule has 0 saturated carbocycles. The molecule has 1 aromatic rings. The Morgan fingerprint density at radius 3 is 2.72 bits per heavy atom. The van der Waals surface area contributed by atoms with E-state index in [-0.39, 0.29) is 11.0 Å². The molecule has 0 atom stereocenters. The SMILES string of the molecule is COCCC(C)(C)Cn1cc(C#N)c(=O)[nH]c1=O. The summed E-state index contributed by atoms with van der Waals surface area (Å²) in [7, 11) is 1.62. The molecule has 1 heterocycles. The summed E-state index contributed by atoms with van der Waals surface area (Å²) < 4.78 is 6.37. The Labute approximate surface area is 105 Å². The molecule has 0 aliphatic carbocycles. The first-order valence-corrected chi connectivity index (χ1v) is 5.62. The fraction of sp³-hybridized carbons (Fsp3) is 0.583. The zero-order valence-electron chi connectivity index (χ0n) is 10.8. The molecule has 1 aromatic heterocycles. The fourth-order valence-electron chi connectivity index (χ4n) is 1.62. The Morgan fingerprint density at radius 2 is 2.17 bits per heavy atom. The number of nitrogens with one attached hydrogen (secondary N) is 1. The number of hydrogen-bond acceptors (Lipinski definition) is 4. The van der Waals surface area contributed by atoms with Gasteiger partial charge in [-0.3, -0.25) is 14.3 Å². The largest absolute Gasteiger partial charge is 0.385 e. The van der Waals surface area contributed by atoms with Crippen molar-refractivity contribution < 1.29 is 4.74 Å². The van der Waals surface area contributed by atoms with E-state index < -0.39 is 11.2 Å². The van der Waals surface area contributed by atoms with Crippen molar-refractivity contribution in [1.29, 1.82) is 5.26 Å². The zero-order chi connectivity index (χ0) is 13.8. The van der Waals surface area contributed by atoms with E-state index in [1.165, 1.54) is 10.8 Å². The minimum absolute atomic E-state index is 0.0582. The van der Waals surface area contributed by atoms with E-state index in [4.69, 9.17) is 10.00 Å². The highest BCUT2D eigenvalue weighted by Gasteiger charge is 2.19. The highest BCUT2D eigenvalue weighted by atomic mass is 16.5. The zero-order valence-corrected chi connectivity index (χ0v) is 10.8. The van der Waals surface area contributed by atoms with E-state index in [0.717, 1.165) is 6.42 Å². The van der Waals surface area contributed by atoms with Crippen LogP contribution in [-0.4, -0.2) is 23.3 Å². The van der Waals surface area contributed by atoms with Gasteiger partial charge in [-0.2, -0.15) is 5.26 Å². The van der Waals surface area contributed by atoms with E-state index in [2.05, 4.69) is 4.98 Å². The minimum atomic E-state index is -0.645. The van der Waals surface area contributed by atoms with Crippen LogP contribution in [0, 0.1) is 16.7 Å². The van der Waals surface area contributed by atoms with E-state index >= 15 is 0 Å². The van der Waals surface area contributed by atoms with Crippen molar-refractivity contribution in [2.24, 2.45) is 5.41 Å². The van der Waals surface area contributed by atoms with Crippen molar-refractivity contribution in [1.82, 2.24) is 9.55 Å². The van der Waals surface area contributed by atoms with Crippen LogP contribution >= 0.6 is 0 Å². The summed E-state index contributed by atoms with van der Waals surface area (Å²) in [6, 6.07) is 1.76. The van der Waals surface area contributed by atoms with Crippen LogP contribution in [0.4, 0.5) is 0 Å². The van der Waals surface area contributed by atoms with Crippen molar-refractivity contribution in [3.8, 4) is 6.07 Å². The lowest BCUT2D eigenvalue weighted by Gasteiger charge is -2.24. The molecule has 0 radical (unpaired) electrons. The molecular formula is C12H17N3O3. The van der Waals surface area contributed by atoms with Crippen LogP contribution in [0.15, 0.2) is 15.8 Å².